The van der Waals surface area contributed by atoms with Crippen LogP contribution in [0, 0.1) is 12.0 Å². The third-order valence-corrected chi connectivity index (χ3v) is 1.25. The highest BCUT2D eigenvalue weighted by Crippen LogP contribution is 2.01. The van der Waals surface area contributed by atoms with Crippen molar-refractivity contribution in [3.05, 3.63) is 12.2 Å². The molecule has 0 amide bonds. The van der Waals surface area contributed by atoms with Crippen molar-refractivity contribution in [1.29, 1.82) is 0 Å². The van der Waals surface area contributed by atoms with Crippen LogP contribution in [0.5, 0.6) is 0 Å². The van der Waals surface area contributed by atoms with E-state index in [0.29, 0.717) is 0 Å². The Morgan fingerprint density at radius 2 is 2.12 bits per heavy atom. The van der Waals surface area contributed by atoms with E-state index >= 15 is 0 Å². The maximum Gasteiger partial charge on any atom is 0.218 e. The Kier molecular flexibility index (Phi) is 4.59. The molecule has 0 heterocycles. The maximum absolute atomic E-state index is 3.17. The number of hydrogen-bond acceptors (Lipinski definition) is 0. The molecule has 0 bridgehead atoms. The molecule has 0 spiro atoms. The second-order valence-corrected chi connectivity index (χ2v) is 2.11. The quantitative estimate of drug-likeness (QED) is 0.491. The Morgan fingerprint density at radius 1 is 1.50 bits per heavy atom. The van der Waals surface area contributed by atoms with Crippen LogP contribution in [0.4, 0.5) is 0 Å². The van der Waals surface area contributed by atoms with Crippen molar-refractivity contribution in [2.45, 2.75) is 33.6 Å². The summed E-state index contributed by atoms with van der Waals surface area (Å²) in [5.41, 5.74) is 0. The summed E-state index contributed by atoms with van der Waals surface area (Å²) in [4.78, 5) is 0. The highest BCUT2D eigenvalue weighted by molar-refractivity contribution is 4.77. The van der Waals surface area contributed by atoms with Crippen LogP contribution in [0.1, 0.15) is 33.6 Å². The molecule has 0 N–H and O–H groups in total. The number of allylic oxidation sites excluding steroid dienone is 2. The van der Waals surface area contributed by atoms with Gasteiger partial charge in [0.25, 0.3) is 0 Å². The lowest BCUT2D eigenvalue weighted by Gasteiger charge is -1.89. The van der Waals surface area contributed by atoms with Crippen molar-refractivity contribution in [3.8, 4) is 0 Å². The summed E-state index contributed by atoms with van der Waals surface area (Å²) in [5, 5.41) is 0. The van der Waals surface area contributed by atoms with E-state index in [-0.39, 0.29) is 0 Å². The van der Waals surface area contributed by atoms with Gasteiger partial charge in [0.15, 0.2) is 12.5 Å². The molecule has 46 valence electrons. The Bertz CT molecular complexity index is 62.4. The average molecular weight is 111 g/mol. The number of rotatable bonds is 3. The molecule has 0 saturated heterocycles. The summed E-state index contributed by atoms with van der Waals surface area (Å²) in [5.74, 6) is 0.718. The molecule has 0 aliphatic rings. The lowest BCUT2D eigenvalue weighted by molar-refractivity contribution is 0.693. The zero-order valence-electron chi connectivity index (χ0n) is 6.07. The Morgan fingerprint density at radius 3 is 2.50 bits per heavy atom. The predicted octanol–water partition coefficient (Wildman–Crippen LogP) is 2.80. The normalized spacial score (nSPS) is 13.9. The SMILES string of the molecule is CC[C+]=CC(C)CC. The van der Waals surface area contributed by atoms with Crippen LogP contribution in [-0.4, -0.2) is 0 Å². The van der Waals surface area contributed by atoms with E-state index in [1.165, 1.54) is 6.42 Å². The first-order chi connectivity index (χ1) is 3.81. The molecule has 0 aliphatic carbocycles. The van der Waals surface area contributed by atoms with E-state index in [9.17, 15) is 0 Å². The summed E-state index contributed by atoms with van der Waals surface area (Å²) >= 11 is 0. The van der Waals surface area contributed by atoms with Crippen molar-refractivity contribution in [2.75, 3.05) is 0 Å². The van der Waals surface area contributed by atoms with E-state index in [1.54, 1.807) is 0 Å². The number of hydrogen-bond donors (Lipinski definition) is 0. The third-order valence-electron chi connectivity index (χ3n) is 1.25. The molecule has 0 aliphatic heterocycles. The molecule has 0 aromatic rings. The van der Waals surface area contributed by atoms with Crippen molar-refractivity contribution in [1.82, 2.24) is 0 Å². The lowest BCUT2D eigenvalue weighted by atomic mass is 10.1. The van der Waals surface area contributed by atoms with Crippen LogP contribution in [-0.2, 0) is 0 Å². The average Bonchev–Trinajstić information content (AvgIpc) is 1.83. The van der Waals surface area contributed by atoms with Gasteiger partial charge in [-0.25, -0.2) is 0 Å². The molecule has 0 aromatic heterocycles. The van der Waals surface area contributed by atoms with Gasteiger partial charge in [0.2, 0.25) is 6.08 Å². The van der Waals surface area contributed by atoms with Gasteiger partial charge >= 0.3 is 0 Å². The minimum Gasteiger partial charge on any atom is -0.0647 e. The fourth-order valence-electron chi connectivity index (χ4n) is 0.437. The first kappa shape index (κ1) is 7.65. The molecule has 1 unspecified atom stereocenters. The zero-order valence-corrected chi connectivity index (χ0v) is 6.07. The van der Waals surface area contributed by atoms with Crippen LogP contribution >= 0.6 is 0 Å². The molecule has 0 fully saturated rings. The Labute approximate surface area is 52.6 Å². The molecule has 0 aromatic carbocycles. The van der Waals surface area contributed by atoms with Gasteiger partial charge in [-0.15, -0.1) is 0 Å². The van der Waals surface area contributed by atoms with E-state index in [4.69, 9.17) is 0 Å². The van der Waals surface area contributed by atoms with Crippen molar-refractivity contribution >= 4 is 0 Å². The first-order valence-electron chi connectivity index (χ1n) is 3.38. The van der Waals surface area contributed by atoms with Gasteiger partial charge in [0.05, 0.1) is 0 Å². The zero-order chi connectivity index (χ0) is 6.41. The van der Waals surface area contributed by atoms with E-state index in [2.05, 4.69) is 32.9 Å². The van der Waals surface area contributed by atoms with E-state index in [1.807, 2.05) is 0 Å². The van der Waals surface area contributed by atoms with Gasteiger partial charge in [0, 0.05) is 5.92 Å². The van der Waals surface area contributed by atoms with Crippen LogP contribution in [0.15, 0.2) is 6.08 Å². The molecular weight excluding hydrogens is 96.1 g/mol. The van der Waals surface area contributed by atoms with Gasteiger partial charge in [-0.3, -0.25) is 0 Å². The minimum atomic E-state index is 0.718. The molecule has 0 saturated carbocycles. The van der Waals surface area contributed by atoms with Gasteiger partial charge in [-0.05, 0) is 13.3 Å². The molecule has 1 atom stereocenters. The summed E-state index contributed by atoms with van der Waals surface area (Å²) in [7, 11) is 0. The van der Waals surface area contributed by atoms with Gasteiger partial charge in [-0.2, -0.15) is 0 Å². The molecule has 0 heteroatoms. The second-order valence-electron chi connectivity index (χ2n) is 2.11. The summed E-state index contributed by atoms with van der Waals surface area (Å²) < 4.78 is 0. The highest BCUT2D eigenvalue weighted by atomic mass is 13.9. The molecule has 0 rings (SSSR count). The standard InChI is InChI=1S/C8H15/c1-4-6-7-8(3)5-2/h7-8H,4-5H2,1-3H3/q+1. The van der Waals surface area contributed by atoms with Crippen LogP contribution in [0.25, 0.3) is 0 Å². The van der Waals surface area contributed by atoms with E-state index < -0.39 is 0 Å². The topological polar surface area (TPSA) is 0 Å². The molecular formula is C8H15+. The summed E-state index contributed by atoms with van der Waals surface area (Å²) in [6, 6.07) is 0. The van der Waals surface area contributed by atoms with Crippen LogP contribution < -0.4 is 0 Å². The molecule has 0 radical (unpaired) electrons. The second kappa shape index (κ2) is 4.80. The van der Waals surface area contributed by atoms with Gasteiger partial charge in [-0.1, -0.05) is 13.8 Å². The highest BCUT2D eigenvalue weighted by Gasteiger charge is 1.96. The fraction of sp³-hybridized carbons (Fsp3) is 0.750. The Balaban J connectivity index is 3.21. The first-order valence-corrected chi connectivity index (χ1v) is 3.38. The predicted molar refractivity (Wildman–Crippen MR) is 37.6 cm³/mol. The smallest absolute Gasteiger partial charge is 0.0647 e. The van der Waals surface area contributed by atoms with Crippen molar-refractivity contribution < 1.29 is 0 Å². The van der Waals surface area contributed by atoms with Crippen molar-refractivity contribution in [2.24, 2.45) is 5.92 Å². The van der Waals surface area contributed by atoms with Gasteiger partial charge in [0.1, 0.15) is 0 Å². The minimum absolute atomic E-state index is 0.718. The molecule has 0 nitrogen and oxygen atoms in total. The van der Waals surface area contributed by atoms with E-state index in [0.717, 1.165) is 12.3 Å². The van der Waals surface area contributed by atoms with Crippen LogP contribution in [0.3, 0.4) is 0 Å². The lowest BCUT2D eigenvalue weighted by Crippen LogP contribution is -1.83. The summed E-state index contributed by atoms with van der Waals surface area (Å²) in [6.07, 6.45) is 7.60. The van der Waals surface area contributed by atoms with Crippen LogP contribution in [0.2, 0.25) is 0 Å². The molecule has 8 heavy (non-hydrogen) atoms. The monoisotopic (exact) mass is 111 g/mol. The third kappa shape index (κ3) is 3.83. The summed E-state index contributed by atoms with van der Waals surface area (Å²) in [6.45, 7) is 6.51. The van der Waals surface area contributed by atoms with Gasteiger partial charge < -0.3 is 0 Å². The Hall–Kier alpha value is -0.350. The fourth-order valence-corrected chi connectivity index (χ4v) is 0.437. The van der Waals surface area contributed by atoms with Crippen molar-refractivity contribution in [3.63, 3.8) is 0 Å². The largest absolute Gasteiger partial charge is 0.218 e. The maximum atomic E-state index is 3.17.